The van der Waals surface area contributed by atoms with Gasteiger partial charge in [-0.25, -0.2) is 8.42 Å². The molecule has 0 aliphatic carbocycles. The second kappa shape index (κ2) is 4.64. The lowest BCUT2D eigenvalue weighted by Gasteiger charge is -2.35. The van der Waals surface area contributed by atoms with E-state index in [0.717, 1.165) is 0 Å². The van der Waals surface area contributed by atoms with Gasteiger partial charge in [0, 0.05) is 25.2 Å². The van der Waals surface area contributed by atoms with Crippen LogP contribution in [0.4, 0.5) is 0 Å². The maximum absolute atomic E-state index is 12.6. The molecule has 1 aromatic heterocycles. The molecule has 0 amide bonds. The molecule has 2 unspecified atom stereocenters. The Balaban J connectivity index is 2.37. The summed E-state index contributed by atoms with van der Waals surface area (Å²) in [5.74, 6) is 0. The van der Waals surface area contributed by atoms with Crippen LogP contribution in [0.3, 0.4) is 0 Å². The van der Waals surface area contributed by atoms with Gasteiger partial charge in [0.1, 0.15) is 4.90 Å². The summed E-state index contributed by atoms with van der Waals surface area (Å²) in [5.41, 5.74) is 1.14. The van der Waals surface area contributed by atoms with Crippen molar-refractivity contribution in [3.05, 3.63) is 11.4 Å². The van der Waals surface area contributed by atoms with Gasteiger partial charge in [-0.1, -0.05) is 0 Å². The van der Waals surface area contributed by atoms with E-state index in [1.807, 2.05) is 13.8 Å². The third kappa shape index (κ3) is 2.30. The quantitative estimate of drug-likeness (QED) is 0.817. The van der Waals surface area contributed by atoms with Crippen molar-refractivity contribution in [2.75, 3.05) is 13.1 Å². The van der Waals surface area contributed by atoms with Crippen molar-refractivity contribution in [2.24, 2.45) is 0 Å². The number of sulfonamides is 1. The number of hydrogen-bond acceptors (Lipinski definition) is 4. The fraction of sp³-hybridized carbons (Fsp3) is 0.727. The molecule has 7 heteroatoms. The topological polar surface area (TPSA) is 78.1 Å². The highest BCUT2D eigenvalue weighted by molar-refractivity contribution is 7.89. The Kier molecular flexibility index (Phi) is 3.48. The van der Waals surface area contributed by atoms with Crippen LogP contribution in [0.5, 0.6) is 0 Å². The average Bonchev–Trinajstić information content (AvgIpc) is 2.57. The molecule has 2 atom stereocenters. The Labute approximate surface area is 108 Å². The Morgan fingerprint density at radius 1 is 1.22 bits per heavy atom. The highest BCUT2D eigenvalue weighted by atomic mass is 32.2. The van der Waals surface area contributed by atoms with Gasteiger partial charge < -0.3 is 5.32 Å². The molecular weight excluding hydrogens is 252 g/mol. The Morgan fingerprint density at radius 2 is 1.78 bits per heavy atom. The number of aromatic nitrogens is 2. The number of nitrogens with zero attached hydrogens (tertiary/aromatic N) is 2. The summed E-state index contributed by atoms with van der Waals surface area (Å²) in [6.07, 6.45) is 0. The van der Waals surface area contributed by atoms with Gasteiger partial charge in [0.2, 0.25) is 10.0 Å². The molecule has 6 nitrogen and oxygen atoms in total. The molecule has 18 heavy (non-hydrogen) atoms. The predicted molar refractivity (Wildman–Crippen MR) is 68.9 cm³/mol. The summed E-state index contributed by atoms with van der Waals surface area (Å²) in [6.45, 7) is 8.43. The van der Waals surface area contributed by atoms with Gasteiger partial charge in [-0.3, -0.25) is 5.10 Å². The van der Waals surface area contributed by atoms with Crippen molar-refractivity contribution in [3.63, 3.8) is 0 Å². The van der Waals surface area contributed by atoms with E-state index < -0.39 is 10.0 Å². The van der Waals surface area contributed by atoms with Crippen molar-refractivity contribution < 1.29 is 8.42 Å². The van der Waals surface area contributed by atoms with E-state index in [1.54, 1.807) is 18.2 Å². The Hall–Kier alpha value is -0.920. The Morgan fingerprint density at radius 3 is 2.22 bits per heavy atom. The summed E-state index contributed by atoms with van der Waals surface area (Å²) in [6, 6.07) is 0.326. The lowest BCUT2D eigenvalue weighted by Crippen LogP contribution is -2.55. The first-order valence-electron chi connectivity index (χ1n) is 6.10. The molecule has 1 fully saturated rings. The molecule has 0 aromatic carbocycles. The minimum absolute atomic E-state index is 0.163. The zero-order valence-corrected chi connectivity index (χ0v) is 12.0. The van der Waals surface area contributed by atoms with E-state index in [0.29, 0.717) is 29.4 Å². The zero-order chi connectivity index (χ0) is 13.5. The highest BCUT2D eigenvalue weighted by Crippen LogP contribution is 2.23. The number of hydrogen-bond donors (Lipinski definition) is 2. The van der Waals surface area contributed by atoms with Crippen LogP contribution >= 0.6 is 0 Å². The van der Waals surface area contributed by atoms with Gasteiger partial charge in [-0.2, -0.15) is 9.40 Å². The van der Waals surface area contributed by atoms with Crippen LogP contribution in [0.15, 0.2) is 4.90 Å². The van der Waals surface area contributed by atoms with E-state index in [1.165, 1.54) is 0 Å². The number of H-pyrrole nitrogens is 1. The number of aryl methyl sites for hydroxylation is 2. The second-order valence-corrected chi connectivity index (χ2v) is 6.93. The molecule has 1 saturated heterocycles. The predicted octanol–water partition coefficient (Wildman–Crippen LogP) is 0.397. The number of piperazine rings is 1. The molecule has 1 aliphatic rings. The molecule has 2 N–H and O–H groups in total. The van der Waals surface area contributed by atoms with Gasteiger partial charge in [-0.15, -0.1) is 0 Å². The largest absolute Gasteiger partial charge is 0.309 e. The normalized spacial score (nSPS) is 26.4. The summed E-state index contributed by atoms with van der Waals surface area (Å²) in [5, 5.41) is 10.0. The maximum Gasteiger partial charge on any atom is 0.246 e. The maximum atomic E-state index is 12.6. The van der Waals surface area contributed by atoms with Crippen LogP contribution in [0.1, 0.15) is 25.2 Å². The molecule has 0 bridgehead atoms. The van der Waals surface area contributed by atoms with Crippen molar-refractivity contribution >= 4 is 10.0 Å². The molecule has 1 aliphatic heterocycles. The second-order valence-electron chi connectivity index (χ2n) is 5.05. The molecule has 102 valence electrons. The number of rotatable bonds is 2. The molecule has 2 rings (SSSR count). The zero-order valence-electron chi connectivity index (χ0n) is 11.2. The highest BCUT2D eigenvalue weighted by Gasteiger charge is 2.34. The van der Waals surface area contributed by atoms with Crippen LogP contribution in [0.25, 0.3) is 0 Å². The SMILES string of the molecule is Cc1n[nH]c(C)c1S(=O)(=O)N1CC(C)NC(C)C1. The fourth-order valence-electron chi connectivity index (χ4n) is 2.52. The van der Waals surface area contributed by atoms with Crippen molar-refractivity contribution in [2.45, 2.75) is 44.7 Å². The summed E-state index contributed by atoms with van der Waals surface area (Å²) in [7, 11) is -3.45. The van der Waals surface area contributed by atoms with Crippen molar-refractivity contribution in [1.82, 2.24) is 19.8 Å². The van der Waals surface area contributed by atoms with Crippen LogP contribution in [0, 0.1) is 13.8 Å². The molecule has 0 saturated carbocycles. The minimum atomic E-state index is -3.45. The first-order valence-corrected chi connectivity index (χ1v) is 7.54. The van der Waals surface area contributed by atoms with E-state index in [2.05, 4.69) is 15.5 Å². The average molecular weight is 272 g/mol. The lowest BCUT2D eigenvalue weighted by atomic mass is 10.2. The lowest BCUT2D eigenvalue weighted by molar-refractivity contribution is 0.262. The summed E-state index contributed by atoms with van der Waals surface area (Å²) in [4.78, 5) is 0.323. The molecular formula is C11H20N4O2S. The van der Waals surface area contributed by atoms with Crippen molar-refractivity contribution in [1.29, 1.82) is 0 Å². The van der Waals surface area contributed by atoms with Crippen LogP contribution < -0.4 is 5.32 Å². The first-order chi connectivity index (χ1) is 8.32. The molecule has 1 aromatic rings. The summed E-state index contributed by atoms with van der Waals surface area (Å²) < 4.78 is 26.8. The van der Waals surface area contributed by atoms with Gasteiger partial charge >= 0.3 is 0 Å². The smallest absolute Gasteiger partial charge is 0.246 e. The van der Waals surface area contributed by atoms with Gasteiger partial charge in [0.25, 0.3) is 0 Å². The van der Waals surface area contributed by atoms with E-state index in [4.69, 9.17) is 0 Å². The van der Waals surface area contributed by atoms with Crippen LogP contribution in [0.2, 0.25) is 0 Å². The third-order valence-corrected chi connectivity index (χ3v) is 5.28. The standard InChI is InChI=1S/C11H20N4O2S/c1-7-5-15(6-8(2)12-7)18(16,17)11-9(3)13-14-10(11)4/h7-8,12H,5-6H2,1-4H3,(H,13,14). The fourth-order valence-corrected chi connectivity index (χ4v) is 4.47. The molecule has 0 spiro atoms. The van der Waals surface area contributed by atoms with Crippen LogP contribution in [-0.4, -0.2) is 48.1 Å². The minimum Gasteiger partial charge on any atom is -0.309 e. The number of nitrogens with one attached hydrogen (secondary N) is 2. The van der Waals surface area contributed by atoms with E-state index >= 15 is 0 Å². The van der Waals surface area contributed by atoms with Gasteiger partial charge in [0.15, 0.2) is 0 Å². The van der Waals surface area contributed by atoms with Gasteiger partial charge in [-0.05, 0) is 27.7 Å². The monoisotopic (exact) mass is 272 g/mol. The van der Waals surface area contributed by atoms with Crippen molar-refractivity contribution in [3.8, 4) is 0 Å². The van der Waals surface area contributed by atoms with Crippen LogP contribution in [-0.2, 0) is 10.0 Å². The Bertz CT molecular complexity index is 508. The molecule has 0 radical (unpaired) electrons. The van der Waals surface area contributed by atoms with Gasteiger partial charge in [0.05, 0.1) is 11.4 Å². The third-order valence-electron chi connectivity index (χ3n) is 3.18. The first kappa shape index (κ1) is 13.5. The molecule has 2 heterocycles. The van der Waals surface area contributed by atoms with E-state index in [-0.39, 0.29) is 12.1 Å². The summed E-state index contributed by atoms with van der Waals surface area (Å²) >= 11 is 0. The van der Waals surface area contributed by atoms with E-state index in [9.17, 15) is 8.42 Å². The number of aromatic amines is 1.